The minimum atomic E-state index is -3.77. The summed E-state index contributed by atoms with van der Waals surface area (Å²) in [5.74, 6) is 0.867. The molecular weight excluding hydrogens is 388 g/mol. The van der Waals surface area contributed by atoms with Gasteiger partial charge in [0.1, 0.15) is 5.82 Å². The number of fused-ring (bicyclic) bond motifs is 1. The SMILES string of the molecule is Cc1cc(C)nc(NS(=O)(=O)c2ccc(NCc3nc4ccccc4[nH]3)cc2)n1. The Balaban J connectivity index is 1.45. The highest BCUT2D eigenvalue weighted by atomic mass is 32.2. The number of hydrogen-bond acceptors (Lipinski definition) is 6. The fraction of sp³-hybridized carbons (Fsp3) is 0.150. The third-order valence-electron chi connectivity index (χ3n) is 4.27. The number of rotatable bonds is 6. The molecule has 0 saturated carbocycles. The maximum absolute atomic E-state index is 12.6. The zero-order valence-electron chi connectivity index (χ0n) is 16.0. The summed E-state index contributed by atoms with van der Waals surface area (Å²) < 4.78 is 27.6. The van der Waals surface area contributed by atoms with E-state index in [2.05, 4.69) is 30.0 Å². The number of imidazole rings is 1. The molecule has 2 aromatic heterocycles. The van der Waals surface area contributed by atoms with Crippen LogP contribution < -0.4 is 10.0 Å². The van der Waals surface area contributed by atoms with Crippen LogP contribution in [0.3, 0.4) is 0 Å². The molecule has 148 valence electrons. The molecule has 0 aliphatic carbocycles. The van der Waals surface area contributed by atoms with Crippen molar-refractivity contribution >= 4 is 32.7 Å². The summed E-state index contributed by atoms with van der Waals surface area (Å²) in [4.78, 5) is 16.1. The van der Waals surface area contributed by atoms with Gasteiger partial charge in [0.05, 0.1) is 22.5 Å². The van der Waals surface area contributed by atoms with E-state index in [0.717, 1.165) is 22.5 Å². The molecule has 0 radical (unpaired) electrons. The highest BCUT2D eigenvalue weighted by Gasteiger charge is 2.16. The van der Waals surface area contributed by atoms with E-state index in [4.69, 9.17) is 0 Å². The average Bonchev–Trinajstić information content (AvgIpc) is 3.08. The van der Waals surface area contributed by atoms with Gasteiger partial charge in [0.15, 0.2) is 0 Å². The van der Waals surface area contributed by atoms with E-state index in [9.17, 15) is 8.42 Å². The molecule has 4 rings (SSSR count). The van der Waals surface area contributed by atoms with Crippen LogP contribution >= 0.6 is 0 Å². The summed E-state index contributed by atoms with van der Waals surface area (Å²) >= 11 is 0. The van der Waals surface area contributed by atoms with Gasteiger partial charge in [0.25, 0.3) is 10.0 Å². The lowest BCUT2D eigenvalue weighted by Crippen LogP contribution is -2.15. The predicted octanol–water partition coefficient (Wildman–Crippen LogP) is 3.38. The van der Waals surface area contributed by atoms with Crippen LogP contribution in [-0.4, -0.2) is 28.4 Å². The van der Waals surface area contributed by atoms with Crippen LogP contribution in [0.2, 0.25) is 0 Å². The van der Waals surface area contributed by atoms with Gasteiger partial charge >= 0.3 is 0 Å². The molecule has 0 aliphatic heterocycles. The smallest absolute Gasteiger partial charge is 0.264 e. The first-order valence-electron chi connectivity index (χ1n) is 9.02. The zero-order valence-corrected chi connectivity index (χ0v) is 16.8. The summed E-state index contributed by atoms with van der Waals surface area (Å²) in [5, 5.41) is 3.23. The maximum Gasteiger partial charge on any atom is 0.264 e. The number of anilines is 2. The summed E-state index contributed by atoms with van der Waals surface area (Å²) in [6.07, 6.45) is 0. The van der Waals surface area contributed by atoms with Crippen LogP contribution in [0, 0.1) is 13.8 Å². The van der Waals surface area contributed by atoms with Gasteiger partial charge < -0.3 is 10.3 Å². The quantitative estimate of drug-likeness (QED) is 0.451. The molecule has 4 aromatic rings. The van der Waals surface area contributed by atoms with Gasteiger partial charge in [-0.3, -0.25) is 0 Å². The van der Waals surface area contributed by atoms with E-state index in [1.165, 1.54) is 12.1 Å². The van der Waals surface area contributed by atoms with Crippen molar-refractivity contribution in [3.8, 4) is 0 Å². The Morgan fingerprint density at radius 2 is 1.62 bits per heavy atom. The summed E-state index contributed by atoms with van der Waals surface area (Å²) in [6, 6.07) is 16.1. The van der Waals surface area contributed by atoms with E-state index >= 15 is 0 Å². The van der Waals surface area contributed by atoms with Crippen LogP contribution in [0.5, 0.6) is 0 Å². The summed E-state index contributed by atoms with van der Waals surface area (Å²) in [6.45, 7) is 4.07. The van der Waals surface area contributed by atoms with Crippen LogP contribution in [-0.2, 0) is 16.6 Å². The lowest BCUT2D eigenvalue weighted by Gasteiger charge is -2.09. The molecule has 0 bridgehead atoms. The molecule has 0 amide bonds. The molecule has 8 nitrogen and oxygen atoms in total. The highest BCUT2D eigenvalue weighted by molar-refractivity contribution is 7.92. The van der Waals surface area contributed by atoms with Crippen molar-refractivity contribution in [1.82, 2.24) is 19.9 Å². The Hall–Kier alpha value is -3.46. The number of hydrogen-bond donors (Lipinski definition) is 3. The third kappa shape index (κ3) is 4.35. The monoisotopic (exact) mass is 408 g/mol. The number of aromatic nitrogens is 4. The molecule has 3 N–H and O–H groups in total. The standard InChI is InChI=1S/C20H20N6O2S/c1-13-11-14(2)23-20(22-13)26-29(27,28)16-9-7-15(8-10-16)21-12-19-24-17-5-3-4-6-18(17)25-19/h3-11,21H,12H2,1-2H3,(H,24,25)(H,22,23,26). The number of aryl methyl sites for hydroxylation is 2. The Morgan fingerprint density at radius 1 is 0.931 bits per heavy atom. The second-order valence-corrected chi connectivity index (χ2v) is 8.34. The number of aromatic amines is 1. The molecule has 0 fully saturated rings. The average molecular weight is 408 g/mol. The first-order chi connectivity index (χ1) is 13.9. The Morgan fingerprint density at radius 3 is 2.31 bits per heavy atom. The lowest BCUT2D eigenvalue weighted by molar-refractivity contribution is 0.601. The van der Waals surface area contributed by atoms with E-state index in [0.29, 0.717) is 17.9 Å². The van der Waals surface area contributed by atoms with Gasteiger partial charge in [0, 0.05) is 17.1 Å². The second-order valence-electron chi connectivity index (χ2n) is 6.66. The fourth-order valence-electron chi connectivity index (χ4n) is 2.98. The molecule has 0 spiro atoms. The lowest BCUT2D eigenvalue weighted by atomic mass is 10.3. The molecule has 0 unspecified atom stereocenters. The first-order valence-corrected chi connectivity index (χ1v) is 10.5. The molecule has 0 aliphatic rings. The zero-order chi connectivity index (χ0) is 20.4. The Bertz CT molecular complexity index is 1210. The van der Waals surface area contributed by atoms with Crippen molar-refractivity contribution in [2.45, 2.75) is 25.3 Å². The van der Waals surface area contributed by atoms with Gasteiger partial charge in [-0.15, -0.1) is 0 Å². The topological polar surface area (TPSA) is 113 Å². The summed E-state index contributed by atoms with van der Waals surface area (Å²) in [7, 11) is -3.77. The van der Waals surface area contributed by atoms with Crippen molar-refractivity contribution in [2.75, 3.05) is 10.0 Å². The molecule has 9 heteroatoms. The van der Waals surface area contributed by atoms with Crippen molar-refractivity contribution < 1.29 is 8.42 Å². The Labute approximate surface area is 168 Å². The van der Waals surface area contributed by atoms with Gasteiger partial charge in [0.2, 0.25) is 5.95 Å². The number of nitrogens with one attached hydrogen (secondary N) is 3. The highest BCUT2D eigenvalue weighted by Crippen LogP contribution is 2.18. The van der Waals surface area contributed by atoms with Gasteiger partial charge in [-0.1, -0.05) is 12.1 Å². The predicted molar refractivity (Wildman–Crippen MR) is 112 cm³/mol. The molecule has 29 heavy (non-hydrogen) atoms. The molecule has 0 saturated heterocycles. The van der Waals surface area contributed by atoms with Crippen LogP contribution in [0.4, 0.5) is 11.6 Å². The molecule has 2 aromatic carbocycles. The van der Waals surface area contributed by atoms with E-state index in [1.807, 2.05) is 24.3 Å². The minimum absolute atomic E-state index is 0.0644. The molecule has 2 heterocycles. The van der Waals surface area contributed by atoms with Crippen LogP contribution in [0.15, 0.2) is 59.5 Å². The molecule has 0 atom stereocenters. The number of H-pyrrole nitrogens is 1. The third-order valence-corrected chi connectivity index (χ3v) is 5.62. The van der Waals surface area contributed by atoms with E-state index in [1.54, 1.807) is 32.0 Å². The second kappa shape index (κ2) is 7.51. The number of para-hydroxylation sites is 2. The van der Waals surface area contributed by atoms with Crippen molar-refractivity contribution in [3.63, 3.8) is 0 Å². The van der Waals surface area contributed by atoms with E-state index in [-0.39, 0.29) is 10.8 Å². The molecular formula is C20H20N6O2S. The van der Waals surface area contributed by atoms with Crippen molar-refractivity contribution in [3.05, 3.63) is 71.8 Å². The van der Waals surface area contributed by atoms with E-state index < -0.39 is 10.0 Å². The normalized spacial score (nSPS) is 11.5. The van der Waals surface area contributed by atoms with Crippen LogP contribution in [0.25, 0.3) is 11.0 Å². The first kappa shape index (κ1) is 18.9. The van der Waals surface area contributed by atoms with Gasteiger partial charge in [-0.2, -0.15) is 0 Å². The number of sulfonamides is 1. The maximum atomic E-state index is 12.6. The number of benzene rings is 2. The fourth-order valence-corrected chi connectivity index (χ4v) is 3.92. The number of nitrogens with zero attached hydrogens (tertiary/aromatic N) is 3. The largest absolute Gasteiger partial charge is 0.378 e. The van der Waals surface area contributed by atoms with Gasteiger partial charge in [-0.25, -0.2) is 28.1 Å². The Kier molecular flexibility index (Phi) is 4.89. The van der Waals surface area contributed by atoms with Gasteiger partial charge in [-0.05, 0) is 56.3 Å². The van der Waals surface area contributed by atoms with Crippen LogP contribution in [0.1, 0.15) is 17.2 Å². The van der Waals surface area contributed by atoms with Crippen molar-refractivity contribution in [2.24, 2.45) is 0 Å². The summed E-state index contributed by atoms with van der Waals surface area (Å²) in [5.41, 5.74) is 4.06. The van der Waals surface area contributed by atoms with Crippen molar-refractivity contribution in [1.29, 1.82) is 0 Å². The minimum Gasteiger partial charge on any atom is -0.378 e.